The maximum absolute atomic E-state index is 5.23. The maximum atomic E-state index is 5.23. The number of nitrogens with zero attached hydrogens (tertiary/aromatic N) is 4. The monoisotopic (exact) mass is 702 g/mol. The molecule has 8 aromatic carbocycles. The fraction of sp³-hybridized carbons (Fsp3) is 0. The first kappa shape index (κ1) is 32.2. The van der Waals surface area contributed by atoms with E-state index in [-0.39, 0.29) is 0 Å². The van der Waals surface area contributed by atoms with Gasteiger partial charge < -0.3 is 4.57 Å². The molecule has 0 radical (unpaired) electrons. The topological polar surface area (TPSA) is 43.6 Å². The molecule has 0 amide bonds. The fourth-order valence-corrected chi connectivity index (χ4v) is 7.59. The lowest BCUT2D eigenvalue weighted by Gasteiger charge is -2.13. The van der Waals surface area contributed by atoms with E-state index in [1.807, 2.05) is 18.2 Å². The smallest absolute Gasteiger partial charge is 0.164 e. The molecule has 4 heteroatoms. The quantitative estimate of drug-likeness (QED) is 0.166. The number of aromatic nitrogens is 4. The van der Waals surface area contributed by atoms with Crippen LogP contribution in [0.4, 0.5) is 0 Å². The van der Waals surface area contributed by atoms with Crippen molar-refractivity contribution in [3.8, 4) is 73.2 Å². The predicted octanol–water partition coefficient (Wildman–Crippen LogP) is 13.0. The zero-order valence-corrected chi connectivity index (χ0v) is 29.9. The Morgan fingerprint density at radius 2 is 0.745 bits per heavy atom. The van der Waals surface area contributed by atoms with Crippen molar-refractivity contribution in [1.82, 2.24) is 19.5 Å². The van der Waals surface area contributed by atoms with E-state index in [1.165, 1.54) is 16.5 Å². The van der Waals surface area contributed by atoms with Crippen molar-refractivity contribution in [1.29, 1.82) is 0 Å². The molecule has 0 fully saturated rings. The van der Waals surface area contributed by atoms with Crippen LogP contribution in [0, 0.1) is 0 Å². The summed E-state index contributed by atoms with van der Waals surface area (Å²) in [5.74, 6) is 1.88. The van der Waals surface area contributed by atoms with Crippen molar-refractivity contribution >= 4 is 21.8 Å². The van der Waals surface area contributed by atoms with Gasteiger partial charge in [-0.15, -0.1) is 0 Å². The Kier molecular flexibility index (Phi) is 8.12. The minimum absolute atomic E-state index is 0.624. The molecule has 0 aliphatic heterocycles. The van der Waals surface area contributed by atoms with Gasteiger partial charge in [0.25, 0.3) is 0 Å². The normalized spacial score (nSPS) is 11.3. The van der Waals surface area contributed by atoms with Crippen LogP contribution in [0.25, 0.3) is 95.0 Å². The van der Waals surface area contributed by atoms with E-state index < -0.39 is 0 Å². The molecule has 2 aromatic heterocycles. The highest BCUT2D eigenvalue weighted by Crippen LogP contribution is 2.37. The molecule has 10 aromatic rings. The van der Waals surface area contributed by atoms with Crippen molar-refractivity contribution in [2.45, 2.75) is 0 Å². The first-order chi connectivity index (χ1) is 27.3. The van der Waals surface area contributed by atoms with E-state index >= 15 is 0 Å². The third kappa shape index (κ3) is 6.06. The van der Waals surface area contributed by atoms with E-state index in [9.17, 15) is 0 Å². The molecule has 0 saturated carbocycles. The average molecular weight is 703 g/mol. The summed E-state index contributed by atoms with van der Waals surface area (Å²) in [6.07, 6.45) is 0. The van der Waals surface area contributed by atoms with E-state index in [1.54, 1.807) is 0 Å². The van der Waals surface area contributed by atoms with Gasteiger partial charge in [0.15, 0.2) is 17.5 Å². The lowest BCUT2D eigenvalue weighted by Crippen LogP contribution is -2.01. The largest absolute Gasteiger partial charge is 0.309 e. The molecule has 4 nitrogen and oxygen atoms in total. The summed E-state index contributed by atoms with van der Waals surface area (Å²) in [6.45, 7) is 0. The van der Waals surface area contributed by atoms with Gasteiger partial charge in [0.2, 0.25) is 0 Å². The number of benzene rings is 8. The molecule has 0 aliphatic rings. The second-order valence-corrected chi connectivity index (χ2v) is 13.7. The summed E-state index contributed by atoms with van der Waals surface area (Å²) < 4.78 is 2.35. The predicted molar refractivity (Wildman–Crippen MR) is 227 cm³/mol. The van der Waals surface area contributed by atoms with Crippen LogP contribution in [0.5, 0.6) is 0 Å². The Labute approximate surface area is 319 Å². The van der Waals surface area contributed by atoms with Crippen molar-refractivity contribution in [2.24, 2.45) is 0 Å². The highest BCUT2D eigenvalue weighted by molar-refractivity contribution is 6.10. The highest BCUT2D eigenvalue weighted by atomic mass is 15.0. The first-order valence-electron chi connectivity index (χ1n) is 18.5. The van der Waals surface area contributed by atoms with Gasteiger partial charge in [-0.3, -0.25) is 0 Å². The Morgan fingerprint density at radius 1 is 0.273 bits per heavy atom. The number of para-hydroxylation sites is 1. The van der Waals surface area contributed by atoms with Crippen molar-refractivity contribution in [2.75, 3.05) is 0 Å². The summed E-state index contributed by atoms with van der Waals surface area (Å²) in [5.41, 5.74) is 13.0. The first-order valence-corrected chi connectivity index (χ1v) is 18.5. The van der Waals surface area contributed by atoms with Crippen molar-refractivity contribution in [3.63, 3.8) is 0 Å². The third-order valence-electron chi connectivity index (χ3n) is 10.3. The number of hydrogen-bond acceptors (Lipinski definition) is 3. The average Bonchev–Trinajstić information content (AvgIpc) is 3.61. The Morgan fingerprint density at radius 3 is 1.45 bits per heavy atom. The summed E-state index contributed by atoms with van der Waals surface area (Å²) in [6, 6.07) is 72.2. The molecule has 258 valence electrons. The van der Waals surface area contributed by atoms with Gasteiger partial charge in [-0.05, 0) is 75.8 Å². The van der Waals surface area contributed by atoms with E-state index in [2.05, 4.69) is 193 Å². The molecule has 0 N–H and O–H groups in total. The molecule has 0 bridgehead atoms. The number of hydrogen-bond donors (Lipinski definition) is 0. The van der Waals surface area contributed by atoms with E-state index in [0.29, 0.717) is 17.5 Å². The summed E-state index contributed by atoms with van der Waals surface area (Å²) >= 11 is 0. The van der Waals surface area contributed by atoms with Gasteiger partial charge in [-0.2, -0.15) is 0 Å². The third-order valence-corrected chi connectivity index (χ3v) is 10.3. The molecule has 0 spiro atoms. The van der Waals surface area contributed by atoms with Crippen molar-refractivity contribution < 1.29 is 0 Å². The van der Waals surface area contributed by atoms with Crippen LogP contribution >= 0.6 is 0 Å². The summed E-state index contributed by atoms with van der Waals surface area (Å²) in [5, 5.41) is 2.31. The maximum Gasteiger partial charge on any atom is 0.164 e. The number of fused-ring (bicyclic) bond motifs is 3. The molecule has 0 saturated heterocycles. The SMILES string of the molecule is c1ccc(-c2ccc(-n3c4ccccc4c4cc(-c5nc(-c6cccc(-c7ccccc7)c6)nc(-c6ccccc6-c6ccccc6)n5)ccc43)cc2)cc1. The van der Waals surface area contributed by atoms with Crippen LogP contribution in [0.3, 0.4) is 0 Å². The van der Waals surface area contributed by atoms with Gasteiger partial charge in [-0.25, -0.2) is 15.0 Å². The minimum Gasteiger partial charge on any atom is -0.309 e. The standard InChI is InChI=1S/C51H34N4/c1-4-15-35(16-5-1)37-27-30-42(31-28-37)55-47-26-13-12-24-44(47)46-34-41(29-32-48(46)55)50-52-49(40-22-14-21-39(33-40)36-17-6-2-7-18-36)53-51(54-50)45-25-11-10-23-43(45)38-19-8-3-9-20-38/h1-34H. The van der Waals surface area contributed by atoms with Gasteiger partial charge >= 0.3 is 0 Å². The van der Waals surface area contributed by atoms with Crippen LogP contribution in [0.2, 0.25) is 0 Å². The molecular weight excluding hydrogens is 669 g/mol. The minimum atomic E-state index is 0.624. The fourth-order valence-electron chi connectivity index (χ4n) is 7.59. The molecule has 55 heavy (non-hydrogen) atoms. The van der Waals surface area contributed by atoms with Crippen LogP contribution in [0.1, 0.15) is 0 Å². The molecule has 2 heterocycles. The number of rotatable bonds is 7. The Hall–Kier alpha value is -7.43. The van der Waals surface area contributed by atoms with Crippen LogP contribution in [-0.4, -0.2) is 19.5 Å². The molecule has 0 aliphatic carbocycles. The molecular formula is C51H34N4. The van der Waals surface area contributed by atoms with Gasteiger partial charge in [-0.1, -0.05) is 164 Å². The Bertz CT molecular complexity index is 2950. The zero-order chi connectivity index (χ0) is 36.6. The summed E-state index contributed by atoms with van der Waals surface area (Å²) in [4.78, 5) is 15.6. The van der Waals surface area contributed by atoms with Gasteiger partial charge in [0.1, 0.15) is 0 Å². The van der Waals surface area contributed by atoms with Crippen LogP contribution in [0.15, 0.2) is 206 Å². The second-order valence-electron chi connectivity index (χ2n) is 13.7. The van der Waals surface area contributed by atoms with E-state index in [0.717, 1.165) is 61.1 Å². The van der Waals surface area contributed by atoms with Crippen LogP contribution < -0.4 is 0 Å². The highest BCUT2D eigenvalue weighted by Gasteiger charge is 2.18. The Balaban J connectivity index is 1.14. The van der Waals surface area contributed by atoms with Crippen molar-refractivity contribution in [3.05, 3.63) is 206 Å². The second kappa shape index (κ2) is 13.8. The lowest BCUT2D eigenvalue weighted by atomic mass is 9.99. The van der Waals surface area contributed by atoms with Crippen LogP contribution in [-0.2, 0) is 0 Å². The van der Waals surface area contributed by atoms with E-state index in [4.69, 9.17) is 15.0 Å². The van der Waals surface area contributed by atoms with Gasteiger partial charge in [0, 0.05) is 33.2 Å². The molecule has 10 rings (SSSR count). The zero-order valence-electron chi connectivity index (χ0n) is 29.9. The summed E-state index contributed by atoms with van der Waals surface area (Å²) in [7, 11) is 0. The molecule has 0 atom stereocenters. The van der Waals surface area contributed by atoms with Gasteiger partial charge in [0.05, 0.1) is 11.0 Å². The lowest BCUT2D eigenvalue weighted by molar-refractivity contribution is 1.07. The molecule has 0 unspecified atom stereocenters.